The zero-order valence-electron chi connectivity index (χ0n) is 21.2. The summed E-state index contributed by atoms with van der Waals surface area (Å²) >= 11 is 0. The van der Waals surface area contributed by atoms with Crippen LogP contribution in [0.15, 0.2) is 72.5 Å². The summed E-state index contributed by atoms with van der Waals surface area (Å²) < 4.78 is 2.37. The van der Waals surface area contributed by atoms with E-state index in [4.69, 9.17) is 0 Å². The van der Waals surface area contributed by atoms with Crippen LogP contribution in [0.5, 0.6) is 0 Å². The van der Waals surface area contributed by atoms with E-state index in [-0.39, 0.29) is 10.8 Å². The minimum absolute atomic E-state index is 0.0147. The lowest BCUT2D eigenvalue weighted by Gasteiger charge is -2.23. The highest BCUT2D eigenvalue weighted by molar-refractivity contribution is 6.07. The molecule has 2 aliphatic heterocycles. The van der Waals surface area contributed by atoms with Gasteiger partial charge >= 0.3 is 0 Å². The van der Waals surface area contributed by atoms with Gasteiger partial charge in [0.15, 0.2) is 5.71 Å². The fourth-order valence-electron chi connectivity index (χ4n) is 6.05. The van der Waals surface area contributed by atoms with Crippen LogP contribution < -0.4 is 4.90 Å². The molecule has 168 valence electrons. The Balaban J connectivity index is 1.55. The van der Waals surface area contributed by atoms with Gasteiger partial charge in [-0.3, -0.25) is 0 Å². The van der Waals surface area contributed by atoms with E-state index in [9.17, 15) is 0 Å². The van der Waals surface area contributed by atoms with Crippen LogP contribution in [0, 0.1) is 13.8 Å². The molecule has 0 N–H and O–H groups in total. The molecule has 0 aromatic heterocycles. The first-order valence-corrected chi connectivity index (χ1v) is 11.9. The van der Waals surface area contributed by atoms with Gasteiger partial charge in [-0.25, -0.2) is 0 Å². The Bertz CT molecular complexity index is 1400. The Hall–Kier alpha value is -3.13. The van der Waals surface area contributed by atoms with Crippen LogP contribution in [0.3, 0.4) is 0 Å². The molecule has 3 aromatic carbocycles. The van der Waals surface area contributed by atoms with Gasteiger partial charge in [0.25, 0.3) is 0 Å². The number of allylic oxidation sites excluding steroid dienone is 4. The molecule has 0 saturated carbocycles. The maximum absolute atomic E-state index is 2.37. The van der Waals surface area contributed by atoms with Gasteiger partial charge in [-0.15, -0.1) is 0 Å². The van der Waals surface area contributed by atoms with Crippen molar-refractivity contribution in [1.29, 1.82) is 0 Å². The maximum atomic E-state index is 2.37. The first-order chi connectivity index (χ1) is 15.5. The number of benzene rings is 3. The van der Waals surface area contributed by atoms with E-state index in [1.54, 1.807) is 0 Å². The summed E-state index contributed by atoms with van der Waals surface area (Å²) in [7, 11) is 4.38. The number of hydrogen-bond acceptors (Lipinski definition) is 1. The molecule has 2 nitrogen and oxygen atoms in total. The topological polar surface area (TPSA) is 6.25 Å². The minimum Gasteiger partial charge on any atom is -0.347 e. The summed E-state index contributed by atoms with van der Waals surface area (Å²) in [6.45, 7) is 13.7. The minimum atomic E-state index is -0.0645. The van der Waals surface area contributed by atoms with Crippen molar-refractivity contribution in [1.82, 2.24) is 0 Å². The summed E-state index contributed by atoms with van der Waals surface area (Å²) in [4.78, 5) is 2.35. The summed E-state index contributed by atoms with van der Waals surface area (Å²) in [5.41, 5.74) is 10.7. The van der Waals surface area contributed by atoms with Gasteiger partial charge in [0.1, 0.15) is 7.05 Å². The van der Waals surface area contributed by atoms with Crippen molar-refractivity contribution in [3.63, 3.8) is 0 Å². The molecule has 2 aliphatic rings. The lowest BCUT2D eigenvalue weighted by molar-refractivity contribution is -0.401. The van der Waals surface area contributed by atoms with Crippen LogP contribution in [0.25, 0.3) is 10.8 Å². The van der Waals surface area contributed by atoms with Crippen molar-refractivity contribution in [2.24, 2.45) is 0 Å². The van der Waals surface area contributed by atoms with Gasteiger partial charge in [-0.2, -0.15) is 4.58 Å². The molecule has 3 aromatic rings. The van der Waals surface area contributed by atoms with E-state index >= 15 is 0 Å². The number of nitrogens with zero attached hydrogens (tertiary/aromatic N) is 2. The normalized spacial score (nSPS) is 19.8. The second-order valence-corrected chi connectivity index (χ2v) is 10.9. The SMILES string of the molecule is Cc1ccc2c(c1)C(C)(C)C(=CC=CC1=[N+](C)c3ccc4cc(C)ccc4c3C1(C)C)N2C. The molecule has 2 heteroatoms. The third-order valence-corrected chi connectivity index (χ3v) is 7.84. The average Bonchev–Trinajstić information content (AvgIpc) is 3.07. The zero-order valence-corrected chi connectivity index (χ0v) is 21.2. The molecule has 0 aliphatic carbocycles. The summed E-state index contributed by atoms with van der Waals surface area (Å²) in [6.07, 6.45) is 6.86. The fourth-order valence-corrected chi connectivity index (χ4v) is 6.05. The van der Waals surface area contributed by atoms with Crippen LogP contribution in [0.1, 0.15) is 49.9 Å². The molecule has 0 bridgehead atoms. The van der Waals surface area contributed by atoms with Crippen molar-refractivity contribution in [3.05, 3.63) is 94.7 Å². The molecular formula is C31H35N2+. The number of rotatable bonds is 2. The van der Waals surface area contributed by atoms with E-state index in [1.165, 1.54) is 55.8 Å². The lowest BCUT2D eigenvalue weighted by atomic mass is 9.78. The Morgan fingerprint density at radius 2 is 1.55 bits per heavy atom. The molecule has 2 heterocycles. The number of likely N-dealkylation sites (N-methyl/N-ethyl adjacent to an activating group) is 1. The van der Waals surface area contributed by atoms with E-state index in [0.29, 0.717) is 0 Å². The molecule has 0 fully saturated rings. The molecule has 0 spiro atoms. The van der Waals surface area contributed by atoms with Crippen molar-refractivity contribution in [2.45, 2.75) is 52.4 Å². The average molecular weight is 436 g/mol. The Labute approximate surface area is 198 Å². The van der Waals surface area contributed by atoms with Gasteiger partial charge in [-0.05, 0) is 62.2 Å². The predicted molar refractivity (Wildman–Crippen MR) is 142 cm³/mol. The highest BCUT2D eigenvalue weighted by atomic mass is 15.2. The maximum Gasteiger partial charge on any atom is 0.210 e. The van der Waals surface area contributed by atoms with Crippen molar-refractivity contribution in [3.8, 4) is 0 Å². The highest BCUT2D eigenvalue weighted by Gasteiger charge is 2.44. The molecule has 0 amide bonds. The van der Waals surface area contributed by atoms with Gasteiger partial charge in [0, 0.05) is 41.6 Å². The molecule has 0 unspecified atom stereocenters. The van der Waals surface area contributed by atoms with Crippen LogP contribution >= 0.6 is 0 Å². The second-order valence-electron chi connectivity index (χ2n) is 10.9. The van der Waals surface area contributed by atoms with Crippen molar-refractivity contribution < 1.29 is 4.58 Å². The van der Waals surface area contributed by atoms with Gasteiger partial charge in [0.05, 0.1) is 5.41 Å². The van der Waals surface area contributed by atoms with Gasteiger partial charge in [-0.1, -0.05) is 61.4 Å². The highest BCUT2D eigenvalue weighted by Crippen LogP contribution is 2.47. The monoisotopic (exact) mass is 435 g/mol. The first kappa shape index (κ1) is 21.7. The van der Waals surface area contributed by atoms with E-state index in [1.807, 2.05) is 0 Å². The van der Waals surface area contributed by atoms with Crippen LogP contribution in [0.4, 0.5) is 11.4 Å². The van der Waals surface area contributed by atoms with Crippen LogP contribution in [0.2, 0.25) is 0 Å². The van der Waals surface area contributed by atoms with E-state index in [0.717, 1.165) is 0 Å². The zero-order chi connectivity index (χ0) is 23.7. The molecular weight excluding hydrogens is 400 g/mol. The molecule has 0 atom stereocenters. The Kier molecular flexibility index (Phi) is 4.72. The summed E-state index contributed by atoms with van der Waals surface area (Å²) in [5.74, 6) is 0. The smallest absolute Gasteiger partial charge is 0.210 e. The quantitative estimate of drug-likeness (QED) is 0.382. The number of fused-ring (bicyclic) bond motifs is 4. The molecule has 0 radical (unpaired) electrons. The number of hydrogen-bond donors (Lipinski definition) is 0. The van der Waals surface area contributed by atoms with E-state index < -0.39 is 0 Å². The third kappa shape index (κ3) is 3.11. The fraction of sp³-hybridized carbons (Fsp3) is 0.323. The van der Waals surface area contributed by atoms with Crippen LogP contribution in [-0.4, -0.2) is 24.4 Å². The standard InChI is InChI=1S/C31H35N2/c1-20-12-15-23-22(18-20)14-17-26-29(23)31(5,6)28(33(26)8)11-9-10-27-30(3,4)24-19-21(2)13-16-25(24)32(27)7/h9-19H,1-8H3/q+1. The van der Waals surface area contributed by atoms with Gasteiger partial charge in [0.2, 0.25) is 5.69 Å². The van der Waals surface area contributed by atoms with Crippen molar-refractivity contribution in [2.75, 3.05) is 19.0 Å². The number of aryl methyl sites for hydroxylation is 2. The predicted octanol–water partition coefficient (Wildman–Crippen LogP) is 7.33. The third-order valence-electron chi connectivity index (χ3n) is 7.84. The van der Waals surface area contributed by atoms with Gasteiger partial charge < -0.3 is 4.90 Å². The Morgan fingerprint density at radius 1 is 0.848 bits per heavy atom. The van der Waals surface area contributed by atoms with Crippen LogP contribution in [-0.2, 0) is 10.8 Å². The molecule has 33 heavy (non-hydrogen) atoms. The number of anilines is 1. The van der Waals surface area contributed by atoms with E-state index in [2.05, 4.69) is 132 Å². The van der Waals surface area contributed by atoms with Crippen molar-refractivity contribution >= 4 is 27.9 Å². The first-order valence-electron chi connectivity index (χ1n) is 11.9. The summed E-state index contributed by atoms with van der Waals surface area (Å²) in [6, 6.07) is 18.2. The molecule has 0 saturated heterocycles. The summed E-state index contributed by atoms with van der Waals surface area (Å²) in [5, 5.41) is 2.68. The second kappa shape index (κ2) is 7.18. The Morgan fingerprint density at radius 3 is 2.30 bits per heavy atom. The lowest BCUT2D eigenvalue weighted by Crippen LogP contribution is -2.27. The molecule has 5 rings (SSSR count). The largest absolute Gasteiger partial charge is 0.347 e.